The Morgan fingerprint density at radius 1 is 1.08 bits per heavy atom. The number of quaternary nitrogens is 2. The zero-order valence-corrected chi connectivity index (χ0v) is 21.7. The van der Waals surface area contributed by atoms with E-state index in [2.05, 4.69) is 34.3 Å². The van der Waals surface area contributed by atoms with Crippen LogP contribution in [0, 0.1) is 18.8 Å². The summed E-state index contributed by atoms with van der Waals surface area (Å²) in [4.78, 5) is 19.8. The summed E-state index contributed by atoms with van der Waals surface area (Å²) >= 11 is 0. The SMILES string of the molecule is Cc1ccc(C(=O)Nc2ccc(C[NH+]3CC[NH+](C)CC3)c(C(F)(F)F)c2)cc1C#Cc1cnc2cccnn12. The third kappa shape index (κ3) is 6.11. The van der Waals surface area contributed by atoms with Crippen LogP contribution in [-0.4, -0.2) is 53.7 Å². The summed E-state index contributed by atoms with van der Waals surface area (Å²) in [6.07, 6.45) is -1.26. The minimum Gasteiger partial charge on any atom is -0.328 e. The second-order valence-electron chi connectivity index (χ2n) is 9.92. The molecule has 1 aliphatic rings. The molecule has 1 saturated heterocycles. The fraction of sp³-hybridized carbons (Fsp3) is 0.276. The van der Waals surface area contributed by atoms with Gasteiger partial charge in [0.2, 0.25) is 0 Å². The number of carbonyl (C=O) groups excluding carboxylic acids is 1. The van der Waals surface area contributed by atoms with Gasteiger partial charge >= 0.3 is 6.18 Å². The van der Waals surface area contributed by atoms with Gasteiger partial charge in [-0.2, -0.15) is 18.3 Å². The maximum atomic E-state index is 13.9. The number of hydrogen-bond acceptors (Lipinski definition) is 3. The highest BCUT2D eigenvalue weighted by atomic mass is 19.4. The molecule has 2 aromatic heterocycles. The van der Waals surface area contributed by atoms with Gasteiger partial charge in [-0.05, 0) is 54.8 Å². The van der Waals surface area contributed by atoms with Gasteiger partial charge in [0.25, 0.3) is 5.91 Å². The van der Waals surface area contributed by atoms with Gasteiger partial charge in [-0.25, -0.2) is 9.50 Å². The number of nitrogens with one attached hydrogen (secondary N) is 3. The van der Waals surface area contributed by atoms with Gasteiger partial charge < -0.3 is 15.1 Å². The molecule has 10 heteroatoms. The van der Waals surface area contributed by atoms with Crippen molar-refractivity contribution in [2.45, 2.75) is 19.6 Å². The number of alkyl halides is 3. The molecule has 2 aromatic carbocycles. The van der Waals surface area contributed by atoms with Crippen molar-refractivity contribution in [2.75, 3.05) is 38.5 Å². The lowest BCUT2D eigenvalue weighted by atomic mass is 10.0. The summed E-state index contributed by atoms with van der Waals surface area (Å²) in [6, 6.07) is 12.7. The number of carbonyl (C=O) groups is 1. The van der Waals surface area contributed by atoms with Gasteiger partial charge in [0, 0.05) is 28.6 Å². The van der Waals surface area contributed by atoms with E-state index < -0.39 is 17.6 Å². The number of piperazine rings is 1. The fourth-order valence-electron chi connectivity index (χ4n) is 4.70. The Bertz CT molecular complexity index is 1580. The zero-order chi connectivity index (χ0) is 27.6. The topological polar surface area (TPSA) is 68.2 Å². The number of aromatic nitrogens is 3. The average Bonchev–Trinajstić information content (AvgIpc) is 3.33. The first-order valence-electron chi connectivity index (χ1n) is 12.7. The molecule has 7 nitrogen and oxygen atoms in total. The van der Waals surface area contributed by atoms with E-state index in [9.17, 15) is 18.0 Å². The van der Waals surface area contributed by atoms with Crippen molar-refractivity contribution in [1.82, 2.24) is 14.6 Å². The Morgan fingerprint density at radius 2 is 1.87 bits per heavy atom. The average molecular weight is 535 g/mol. The molecular formula is C29H29F3N6O+2. The Kier molecular flexibility index (Phi) is 7.37. The number of hydrogen-bond donors (Lipinski definition) is 3. The van der Waals surface area contributed by atoms with Crippen LogP contribution in [0.3, 0.4) is 0 Å². The molecule has 3 heterocycles. The molecule has 0 aliphatic carbocycles. The fourth-order valence-corrected chi connectivity index (χ4v) is 4.70. The Labute approximate surface area is 224 Å². The van der Waals surface area contributed by atoms with Gasteiger partial charge in [0.15, 0.2) is 5.65 Å². The number of amides is 1. The summed E-state index contributed by atoms with van der Waals surface area (Å²) in [5.74, 6) is 5.58. The van der Waals surface area contributed by atoms with Gasteiger partial charge in [0.1, 0.15) is 38.4 Å². The van der Waals surface area contributed by atoms with E-state index in [4.69, 9.17) is 0 Å². The van der Waals surface area contributed by atoms with Crippen molar-refractivity contribution in [1.29, 1.82) is 0 Å². The van der Waals surface area contributed by atoms with Crippen LogP contribution >= 0.6 is 0 Å². The lowest BCUT2D eigenvalue weighted by Gasteiger charge is -2.28. The predicted molar refractivity (Wildman–Crippen MR) is 141 cm³/mol. The van der Waals surface area contributed by atoms with Crippen LogP contribution in [0.2, 0.25) is 0 Å². The summed E-state index contributed by atoms with van der Waals surface area (Å²) in [7, 11) is 2.10. The Hall–Kier alpha value is -4.20. The highest BCUT2D eigenvalue weighted by Crippen LogP contribution is 2.34. The molecule has 1 aliphatic heterocycles. The van der Waals surface area contributed by atoms with Crippen LogP contribution in [0.25, 0.3) is 5.65 Å². The van der Waals surface area contributed by atoms with E-state index in [1.54, 1.807) is 41.2 Å². The van der Waals surface area contributed by atoms with E-state index >= 15 is 0 Å². The van der Waals surface area contributed by atoms with Crippen molar-refractivity contribution in [3.8, 4) is 11.8 Å². The summed E-state index contributed by atoms with van der Waals surface area (Å²) < 4.78 is 43.5. The van der Waals surface area contributed by atoms with Gasteiger partial charge in [0.05, 0.1) is 18.8 Å². The number of aryl methyl sites for hydroxylation is 1. The molecular weight excluding hydrogens is 505 g/mol. The van der Waals surface area contributed by atoms with E-state index in [0.29, 0.717) is 29.0 Å². The zero-order valence-electron chi connectivity index (χ0n) is 21.7. The van der Waals surface area contributed by atoms with Crippen LogP contribution in [0.4, 0.5) is 18.9 Å². The lowest BCUT2D eigenvalue weighted by Crippen LogP contribution is -3.26. The molecule has 0 bridgehead atoms. The van der Waals surface area contributed by atoms with Crippen molar-refractivity contribution < 1.29 is 27.8 Å². The highest BCUT2D eigenvalue weighted by Gasteiger charge is 2.35. The van der Waals surface area contributed by atoms with E-state index in [-0.39, 0.29) is 11.3 Å². The van der Waals surface area contributed by atoms with Crippen molar-refractivity contribution in [2.24, 2.45) is 0 Å². The second kappa shape index (κ2) is 10.9. The normalized spacial score (nSPS) is 17.5. The van der Waals surface area contributed by atoms with Crippen LogP contribution in [0.5, 0.6) is 0 Å². The molecule has 0 radical (unpaired) electrons. The Balaban J connectivity index is 1.35. The molecule has 3 N–H and O–H groups in total. The maximum Gasteiger partial charge on any atom is 0.416 e. The first-order valence-corrected chi connectivity index (χ1v) is 12.7. The highest BCUT2D eigenvalue weighted by molar-refractivity contribution is 6.04. The molecule has 200 valence electrons. The first kappa shape index (κ1) is 26.4. The van der Waals surface area contributed by atoms with Crippen LogP contribution in [-0.2, 0) is 12.7 Å². The molecule has 4 aromatic rings. The monoisotopic (exact) mass is 534 g/mol. The smallest absolute Gasteiger partial charge is 0.328 e. The third-order valence-corrected chi connectivity index (χ3v) is 7.03. The molecule has 39 heavy (non-hydrogen) atoms. The maximum absolute atomic E-state index is 13.9. The number of rotatable bonds is 4. The van der Waals surface area contributed by atoms with E-state index in [1.165, 1.54) is 17.0 Å². The minimum absolute atomic E-state index is 0.0962. The van der Waals surface area contributed by atoms with Gasteiger partial charge in [-0.1, -0.05) is 18.1 Å². The van der Waals surface area contributed by atoms with E-state index in [1.807, 2.05) is 13.0 Å². The van der Waals surface area contributed by atoms with E-state index in [0.717, 1.165) is 42.7 Å². The first-order chi connectivity index (χ1) is 18.7. The lowest BCUT2D eigenvalue weighted by molar-refractivity contribution is -1.01. The minimum atomic E-state index is -4.52. The molecule has 5 rings (SSSR count). The molecule has 1 fully saturated rings. The van der Waals surface area contributed by atoms with Crippen molar-refractivity contribution >= 4 is 17.2 Å². The van der Waals surface area contributed by atoms with Crippen molar-refractivity contribution in [3.63, 3.8) is 0 Å². The number of imidazole rings is 1. The summed E-state index contributed by atoms with van der Waals surface area (Å²) in [5, 5.41) is 6.87. The van der Waals surface area contributed by atoms with Crippen molar-refractivity contribution in [3.05, 3.63) is 94.4 Å². The number of halogens is 3. The van der Waals surface area contributed by atoms with Gasteiger partial charge in [-0.15, -0.1) is 0 Å². The number of anilines is 1. The number of fused-ring (bicyclic) bond motifs is 1. The molecule has 1 amide bonds. The standard InChI is InChI=1S/C29H27F3N6O/c1-20-5-6-22(16-21(20)8-10-25-18-33-27-4-3-11-34-38(25)27)28(39)35-24-9-7-23(26(17-24)29(30,31)32)19-37-14-12-36(2)13-15-37/h3-7,9,11,16-18H,12-15,19H2,1-2H3,(H,35,39)/p+2. The number of likely N-dealkylation sites (N-methyl/N-ethyl adjacent to an activating group) is 1. The summed E-state index contributed by atoms with van der Waals surface area (Å²) in [5.41, 5.74) is 2.67. The molecule has 0 atom stereocenters. The van der Waals surface area contributed by atoms with Crippen LogP contribution in [0.1, 0.15) is 38.3 Å². The van der Waals surface area contributed by atoms with Crippen LogP contribution < -0.4 is 15.1 Å². The number of benzene rings is 2. The third-order valence-electron chi connectivity index (χ3n) is 7.03. The quantitative estimate of drug-likeness (QED) is 0.349. The second-order valence-corrected chi connectivity index (χ2v) is 9.92. The molecule has 0 unspecified atom stereocenters. The van der Waals surface area contributed by atoms with Crippen LogP contribution in [0.15, 0.2) is 60.9 Å². The molecule has 0 saturated carbocycles. The Morgan fingerprint density at radius 3 is 2.64 bits per heavy atom. The largest absolute Gasteiger partial charge is 0.416 e. The van der Waals surface area contributed by atoms with Gasteiger partial charge in [-0.3, -0.25) is 4.79 Å². The predicted octanol–water partition coefficient (Wildman–Crippen LogP) is 1.62. The number of nitrogens with zero attached hydrogens (tertiary/aromatic N) is 3. The molecule has 0 spiro atoms. The summed E-state index contributed by atoms with van der Waals surface area (Å²) in [6.45, 7) is 5.70.